The normalized spacial score (nSPS) is 24.8. The van der Waals surface area contributed by atoms with Gasteiger partial charge < -0.3 is 10.1 Å². The number of imide groups is 1. The summed E-state index contributed by atoms with van der Waals surface area (Å²) in [5.41, 5.74) is -0.202. The summed E-state index contributed by atoms with van der Waals surface area (Å²) in [7, 11) is 1.39. The fraction of sp³-hybridized carbons (Fsp3) is 0.429. The number of carbonyl (C=O) groups excluding carboxylic acids is 2. The van der Waals surface area contributed by atoms with Gasteiger partial charge in [0.15, 0.2) is 11.6 Å². The molecule has 2 aliphatic rings. The first-order chi connectivity index (χ1) is 10.1. The lowest BCUT2D eigenvalue weighted by Crippen LogP contribution is -2.46. The maximum Gasteiger partial charge on any atom is 0.325 e. The molecular formula is C14H15FN2O3S. The highest BCUT2D eigenvalue weighted by Gasteiger charge is 2.52. The van der Waals surface area contributed by atoms with E-state index in [0.29, 0.717) is 17.7 Å². The summed E-state index contributed by atoms with van der Waals surface area (Å²) in [5, 5.41) is 2.78. The molecule has 0 bridgehead atoms. The Morgan fingerprint density at radius 3 is 2.90 bits per heavy atom. The van der Waals surface area contributed by atoms with Crippen LogP contribution in [-0.4, -0.2) is 41.0 Å². The minimum Gasteiger partial charge on any atom is -0.494 e. The van der Waals surface area contributed by atoms with Gasteiger partial charge in [-0.15, -0.1) is 0 Å². The van der Waals surface area contributed by atoms with Crippen molar-refractivity contribution < 1.29 is 18.7 Å². The van der Waals surface area contributed by atoms with Gasteiger partial charge in [-0.3, -0.25) is 9.69 Å². The molecule has 2 fully saturated rings. The number of halogens is 1. The predicted octanol–water partition coefficient (Wildman–Crippen LogP) is 1.76. The maximum atomic E-state index is 13.7. The molecule has 0 radical (unpaired) electrons. The van der Waals surface area contributed by atoms with Crippen molar-refractivity contribution >= 4 is 23.7 Å². The Kier molecular flexibility index (Phi) is 3.52. The van der Waals surface area contributed by atoms with E-state index < -0.39 is 17.4 Å². The average Bonchev–Trinajstić information content (AvgIpc) is 3.01. The number of nitrogens with zero attached hydrogens (tertiary/aromatic N) is 1. The van der Waals surface area contributed by atoms with Gasteiger partial charge in [-0.25, -0.2) is 9.18 Å². The number of urea groups is 1. The standard InChI is InChI=1S/C14H15FN2O3S/c1-20-11-3-2-9(6-10(11)15)7-17-12(18)14(16-13(17)19)4-5-21-8-14/h2-3,6H,4-5,7-8H2,1H3,(H,16,19)/t14-/m0/s1. The summed E-state index contributed by atoms with van der Waals surface area (Å²) in [5.74, 6) is 0.878. The summed E-state index contributed by atoms with van der Waals surface area (Å²) in [6.07, 6.45) is 0.649. The topological polar surface area (TPSA) is 58.6 Å². The van der Waals surface area contributed by atoms with E-state index in [-0.39, 0.29) is 18.2 Å². The molecule has 21 heavy (non-hydrogen) atoms. The van der Waals surface area contributed by atoms with E-state index in [2.05, 4.69) is 5.32 Å². The Morgan fingerprint density at radius 1 is 1.48 bits per heavy atom. The van der Waals surface area contributed by atoms with Gasteiger partial charge >= 0.3 is 6.03 Å². The van der Waals surface area contributed by atoms with E-state index in [9.17, 15) is 14.0 Å². The second-order valence-corrected chi connectivity index (χ2v) is 6.28. The van der Waals surface area contributed by atoms with Gasteiger partial charge in [-0.1, -0.05) is 6.07 Å². The quantitative estimate of drug-likeness (QED) is 0.864. The molecule has 0 unspecified atom stereocenters. The summed E-state index contributed by atoms with van der Waals surface area (Å²) in [6.45, 7) is 0.0675. The first-order valence-electron chi connectivity index (χ1n) is 6.60. The van der Waals surface area contributed by atoms with Crippen LogP contribution in [0.1, 0.15) is 12.0 Å². The van der Waals surface area contributed by atoms with Crippen molar-refractivity contribution in [2.24, 2.45) is 0 Å². The predicted molar refractivity (Wildman–Crippen MR) is 76.7 cm³/mol. The van der Waals surface area contributed by atoms with Crippen LogP contribution in [0.5, 0.6) is 5.75 Å². The Labute approximate surface area is 125 Å². The molecule has 1 atom stereocenters. The fourth-order valence-electron chi connectivity index (χ4n) is 2.64. The fourth-order valence-corrected chi connectivity index (χ4v) is 3.97. The third-order valence-electron chi connectivity index (χ3n) is 3.82. The van der Waals surface area contributed by atoms with Gasteiger partial charge in [0.1, 0.15) is 5.54 Å². The lowest BCUT2D eigenvalue weighted by atomic mass is 9.99. The number of methoxy groups -OCH3 is 1. The van der Waals surface area contributed by atoms with E-state index in [0.717, 1.165) is 10.7 Å². The molecule has 1 N–H and O–H groups in total. The molecule has 3 rings (SSSR count). The molecule has 2 saturated heterocycles. The highest BCUT2D eigenvalue weighted by atomic mass is 32.2. The van der Waals surface area contributed by atoms with Crippen molar-refractivity contribution in [1.29, 1.82) is 0 Å². The summed E-state index contributed by atoms with van der Waals surface area (Å²) < 4.78 is 18.5. The number of benzene rings is 1. The summed E-state index contributed by atoms with van der Waals surface area (Å²) in [6, 6.07) is 4.02. The van der Waals surface area contributed by atoms with Gasteiger partial charge in [0, 0.05) is 5.75 Å². The van der Waals surface area contributed by atoms with Crippen LogP contribution in [0, 0.1) is 5.82 Å². The zero-order valence-corrected chi connectivity index (χ0v) is 12.3. The molecule has 0 aliphatic carbocycles. The zero-order valence-electron chi connectivity index (χ0n) is 11.5. The number of amides is 3. The third kappa shape index (κ3) is 2.35. The van der Waals surface area contributed by atoms with Crippen molar-refractivity contribution in [3.63, 3.8) is 0 Å². The monoisotopic (exact) mass is 310 g/mol. The summed E-state index contributed by atoms with van der Waals surface area (Å²) in [4.78, 5) is 25.6. The Bertz CT molecular complexity index is 602. The van der Waals surface area contributed by atoms with E-state index in [4.69, 9.17) is 4.74 Å². The van der Waals surface area contributed by atoms with E-state index >= 15 is 0 Å². The van der Waals surface area contributed by atoms with Crippen LogP contribution in [0.15, 0.2) is 18.2 Å². The van der Waals surface area contributed by atoms with Crippen LogP contribution in [0.3, 0.4) is 0 Å². The number of thioether (sulfide) groups is 1. The Balaban J connectivity index is 1.80. The van der Waals surface area contributed by atoms with Crippen molar-refractivity contribution in [3.05, 3.63) is 29.6 Å². The molecule has 112 valence electrons. The number of hydrogen-bond acceptors (Lipinski definition) is 4. The van der Waals surface area contributed by atoms with Crippen LogP contribution >= 0.6 is 11.8 Å². The van der Waals surface area contributed by atoms with Crippen molar-refractivity contribution in [1.82, 2.24) is 10.2 Å². The van der Waals surface area contributed by atoms with Gasteiger partial charge in [-0.2, -0.15) is 11.8 Å². The van der Waals surface area contributed by atoms with E-state index in [1.165, 1.54) is 19.2 Å². The van der Waals surface area contributed by atoms with Crippen LogP contribution in [0.25, 0.3) is 0 Å². The average molecular weight is 310 g/mol. The molecule has 2 aliphatic heterocycles. The number of ether oxygens (including phenoxy) is 1. The molecule has 2 heterocycles. The first kappa shape index (κ1) is 14.2. The summed E-state index contributed by atoms with van der Waals surface area (Å²) >= 11 is 1.65. The van der Waals surface area contributed by atoms with E-state index in [1.54, 1.807) is 17.8 Å². The second-order valence-electron chi connectivity index (χ2n) is 5.18. The second kappa shape index (κ2) is 5.22. The molecule has 7 heteroatoms. The molecular weight excluding hydrogens is 295 g/mol. The third-order valence-corrected chi connectivity index (χ3v) is 5.01. The minimum absolute atomic E-state index is 0.0675. The Hall–Kier alpha value is -1.76. The Morgan fingerprint density at radius 2 is 2.29 bits per heavy atom. The lowest BCUT2D eigenvalue weighted by molar-refractivity contribution is -0.130. The van der Waals surface area contributed by atoms with Crippen molar-refractivity contribution in [2.75, 3.05) is 18.6 Å². The van der Waals surface area contributed by atoms with Gasteiger partial charge in [0.2, 0.25) is 0 Å². The first-order valence-corrected chi connectivity index (χ1v) is 7.75. The number of hydrogen-bond donors (Lipinski definition) is 1. The van der Waals surface area contributed by atoms with E-state index in [1.807, 2.05) is 0 Å². The highest BCUT2D eigenvalue weighted by molar-refractivity contribution is 7.99. The molecule has 1 spiro atoms. The minimum atomic E-state index is -0.757. The van der Waals surface area contributed by atoms with Crippen LogP contribution in [0.4, 0.5) is 9.18 Å². The van der Waals surface area contributed by atoms with Crippen molar-refractivity contribution in [2.45, 2.75) is 18.5 Å². The largest absolute Gasteiger partial charge is 0.494 e. The molecule has 0 saturated carbocycles. The van der Waals surface area contributed by atoms with Crippen LogP contribution < -0.4 is 10.1 Å². The van der Waals surface area contributed by atoms with Gasteiger partial charge in [0.25, 0.3) is 5.91 Å². The molecule has 1 aromatic rings. The molecule has 0 aromatic heterocycles. The number of carbonyl (C=O) groups is 2. The highest BCUT2D eigenvalue weighted by Crippen LogP contribution is 2.34. The smallest absolute Gasteiger partial charge is 0.325 e. The zero-order chi connectivity index (χ0) is 15.0. The maximum absolute atomic E-state index is 13.7. The van der Waals surface area contributed by atoms with Crippen LogP contribution in [0.2, 0.25) is 0 Å². The SMILES string of the molecule is COc1ccc(CN2C(=O)N[C@]3(CCSC3)C2=O)cc1F. The van der Waals surface area contributed by atoms with Gasteiger partial charge in [-0.05, 0) is 29.9 Å². The molecule has 1 aromatic carbocycles. The lowest BCUT2D eigenvalue weighted by Gasteiger charge is -2.19. The number of rotatable bonds is 3. The van der Waals surface area contributed by atoms with Crippen molar-refractivity contribution in [3.8, 4) is 5.75 Å². The van der Waals surface area contributed by atoms with Gasteiger partial charge in [0.05, 0.1) is 13.7 Å². The van der Waals surface area contributed by atoms with Crippen LogP contribution in [-0.2, 0) is 11.3 Å². The molecule has 3 amide bonds. The number of nitrogens with one attached hydrogen (secondary N) is 1. The molecule has 5 nitrogen and oxygen atoms in total.